The van der Waals surface area contributed by atoms with Gasteiger partial charge in [0.2, 0.25) is 5.88 Å². The van der Waals surface area contributed by atoms with Crippen LogP contribution in [0.1, 0.15) is 43.5 Å². The highest BCUT2D eigenvalue weighted by Gasteiger charge is 2.31. The Hall–Kier alpha value is -2.96. The van der Waals surface area contributed by atoms with Gasteiger partial charge in [-0.25, -0.2) is 4.98 Å². The van der Waals surface area contributed by atoms with Crippen molar-refractivity contribution in [1.82, 2.24) is 15.3 Å². The number of aromatic nitrogens is 2. The number of hydrogen-bond donors (Lipinski definition) is 2. The lowest BCUT2D eigenvalue weighted by Gasteiger charge is -2.31. The molecule has 7 nitrogen and oxygen atoms in total. The van der Waals surface area contributed by atoms with E-state index in [1.807, 2.05) is 13.8 Å². The molecule has 2 rings (SSSR count). The third-order valence-electron chi connectivity index (χ3n) is 4.08. The van der Waals surface area contributed by atoms with Crippen LogP contribution >= 0.6 is 0 Å². The van der Waals surface area contributed by atoms with Crippen LogP contribution in [-0.2, 0) is 4.79 Å². The average Bonchev–Trinajstić information content (AvgIpc) is 2.61. The fourth-order valence-corrected chi connectivity index (χ4v) is 2.48. The Kier molecular flexibility index (Phi) is 6.05. The van der Waals surface area contributed by atoms with Gasteiger partial charge in [0.05, 0.1) is 18.2 Å². The molecule has 0 saturated carbocycles. The molecule has 1 aromatic carbocycles. The highest BCUT2D eigenvalue weighted by atomic mass is 16.5. The number of nitrogens with one attached hydrogen (secondary N) is 1. The fraction of sp³-hybridized carbons (Fsp3) is 0.333. The number of amides is 1. The van der Waals surface area contributed by atoms with Gasteiger partial charge in [-0.1, -0.05) is 19.9 Å². The summed E-state index contributed by atoms with van der Waals surface area (Å²) in [5.74, 6) is -0.509. The molecule has 0 fully saturated rings. The Balaban J connectivity index is 2.16. The fourth-order valence-electron chi connectivity index (χ4n) is 2.48. The average molecular weight is 343 g/mol. The van der Waals surface area contributed by atoms with E-state index in [2.05, 4.69) is 15.3 Å². The second-order valence-electron chi connectivity index (χ2n) is 5.69. The van der Waals surface area contributed by atoms with Crippen LogP contribution in [0.25, 0.3) is 0 Å². The number of carbonyl (C=O) groups excluding carboxylic acids is 1. The van der Waals surface area contributed by atoms with E-state index in [0.717, 1.165) is 0 Å². The topological polar surface area (TPSA) is 101 Å². The van der Waals surface area contributed by atoms with Gasteiger partial charge < -0.3 is 15.2 Å². The molecule has 1 aromatic heterocycles. The lowest BCUT2D eigenvalue weighted by atomic mass is 9.88. The predicted molar refractivity (Wildman–Crippen MR) is 91.6 cm³/mol. The SMILES string of the molecule is CCC(CC)(CC(=O)O)NC(=O)c1cccc(Oc2cnccn2)c1. The molecule has 0 unspecified atom stereocenters. The summed E-state index contributed by atoms with van der Waals surface area (Å²) in [7, 11) is 0. The van der Waals surface area contributed by atoms with E-state index >= 15 is 0 Å². The highest BCUT2D eigenvalue weighted by Crippen LogP contribution is 2.23. The predicted octanol–water partition coefficient (Wildman–Crippen LogP) is 3.03. The minimum absolute atomic E-state index is 0.123. The Morgan fingerprint density at radius 1 is 1.24 bits per heavy atom. The van der Waals surface area contributed by atoms with E-state index in [0.29, 0.717) is 30.0 Å². The minimum atomic E-state index is -0.941. The molecular weight excluding hydrogens is 322 g/mol. The van der Waals surface area contributed by atoms with Crippen molar-refractivity contribution in [1.29, 1.82) is 0 Å². The molecule has 0 aliphatic rings. The standard InChI is InChI=1S/C18H21N3O4/c1-3-18(4-2,11-16(22)23)21-17(24)13-6-5-7-14(10-13)25-15-12-19-8-9-20-15/h5-10,12H,3-4,11H2,1-2H3,(H,21,24)(H,22,23). The van der Waals surface area contributed by atoms with Gasteiger partial charge in [0.25, 0.3) is 5.91 Å². The molecule has 0 aliphatic carbocycles. The molecule has 0 aliphatic heterocycles. The number of ether oxygens (including phenoxy) is 1. The normalized spacial score (nSPS) is 11.0. The molecule has 1 amide bonds. The maximum absolute atomic E-state index is 12.6. The van der Waals surface area contributed by atoms with Crippen molar-refractivity contribution in [3.8, 4) is 11.6 Å². The summed E-state index contributed by atoms with van der Waals surface area (Å²) < 4.78 is 5.57. The molecule has 0 spiro atoms. The van der Waals surface area contributed by atoms with Gasteiger partial charge in [0.1, 0.15) is 5.75 Å². The van der Waals surface area contributed by atoms with E-state index in [1.165, 1.54) is 18.6 Å². The lowest BCUT2D eigenvalue weighted by Crippen LogP contribution is -2.49. The van der Waals surface area contributed by atoms with Gasteiger partial charge in [-0.15, -0.1) is 0 Å². The summed E-state index contributed by atoms with van der Waals surface area (Å²) in [5, 5.41) is 12.0. The van der Waals surface area contributed by atoms with Gasteiger partial charge in [-0.05, 0) is 31.0 Å². The smallest absolute Gasteiger partial charge is 0.305 e. The Bertz CT molecular complexity index is 730. The molecule has 0 saturated heterocycles. The maximum atomic E-state index is 12.6. The Labute approximate surface area is 146 Å². The van der Waals surface area contributed by atoms with Crippen LogP contribution in [0, 0.1) is 0 Å². The van der Waals surface area contributed by atoms with Crippen molar-refractivity contribution in [2.24, 2.45) is 0 Å². The third-order valence-corrected chi connectivity index (χ3v) is 4.08. The Morgan fingerprint density at radius 3 is 2.60 bits per heavy atom. The van der Waals surface area contributed by atoms with Crippen molar-refractivity contribution >= 4 is 11.9 Å². The third kappa shape index (κ3) is 5.00. The number of nitrogens with zero attached hydrogens (tertiary/aromatic N) is 2. The summed E-state index contributed by atoms with van der Waals surface area (Å²) in [6.45, 7) is 3.72. The van der Waals surface area contributed by atoms with Crippen LogP contribution in [-0.4, -0.2) is 32.5 Å². The van der Waals surface area contributed by atoms with E-state index in [1.54, 1.807) is 24.3 Å². The van der Waals surface area contributed by atoms with Gasteiger partial charge >= 0.3 is 5.97 Å². The zero-order valence-corrected chi connectivity index (χ0v) is 14.2. The molecule has 2 N–H and O–H groups in total. The first-order valence-corrected chi connectivity index (χ1v) is 8.06. The van der Waals surface area contributed by atoms with Gasteiger partial charge in [0, 0.05) is 18.0 Å². The van der Waals surface area contributed by atoms with Crippen LogP contribution in [0.15, 0.2) is 42.9 Å². The molecule has 2 aromatic rings. The molecule has 7 heteroatoms. The summed E-state index contributed by atoms with van der Waals surface area (Å²) >= 11 is 0. The quantitative estimate of drug-likeness (QED) is 0.764. The summed E-state index contributed by atoms with van der Waals surface area (Å²) in [6.07, 6.45) is 5.44. The van der Waals surface area contributed by atoms with E-state index < -0.39 is 11.5 Å². The molecule has 1 heterocycles. The van der Waals surface area contributed by atoms with Crippen LogP contribution in [0.2, 0.25) is 0 Å². The molecule has 132 valence electrons. The first kappa shape index (κ1) is 18.4. The highest BCUT2D eigenvalue weighted by molar-refractivity contribution is 5.95. The van der Waals surface area contributed by atoms with Crippen molar-refractivity contribution < 1.29 is 19.4 Å². The van der Waals surface area contributed by atoms with E-state index in [4.69, 9.17) is 9.84 Å². The Morgan fingerprint density at radius 2 is 2.00 bits per heavy atom. The van der Waals surface area contributed by atoms with Crippen molar-refractivity contribution in [3.05, 3.63) is 48.4 Å². The van der Waals surface area contributed by atoms with Crippen LogP contribution in [0.5, 0.6) is 11.6 Å². The number of aliphatic carboxylic acids is 1. The number of carboxylic acid groups (broad SMARTS) is 1. The largest absolute Gasteiger partial charge is 0.481 e. The lowest BCUT2D eigenvalue weighted by molar-refractivity contribution is -0.138. The van der Waals surface area contributed by atoms with Crippen molar-refractivity contribution in [3.63, 3.8) is 0 Å². The van der Waals surface area contributed by atoms with E-state index in [9.17, 15) is 9.59 Å². The molecule has 25 heavy (non-hydrogen) atoms. The number of rotatable bonds is 8. The van der Waals surface area contributed by atoms with Gasteiger partial charge in [-0.3, -0.25) is 14.6 Å². The van der Waals surface area contributed by atoms with Crippen molar-refractivity contribution in [2.45, 2.75) is 38.6 Å². The number of hydrogen-bond acceptors (Lipinski definition) is 5. The summed E-state index contributed by atoms with van der Waals surface area (Å²) in [6, 6.07) is 6.63. The zero-order valence-electron chi connectivity index (χ0n) is 14.2. The minimum Gasteiger partial charge on any atom is -0.481 e. The second kappa shape index (κ2) is 8.23. The molecule has 0 bridgehead atoms. The molecule has 0 atom stereocenters. The first-order valence-electron chi connectivity index (χ1n) is 8.06. The number of benzene rings is 1. The molecular formula is C18H21N3O4. The van der Waals surface area contributed by atoms with Crippen molar-refractivity contribution in [2.75, 3.05) is 0 Å². The van der Waals surface area contributed by atoms with Crippen LogP contribution < -0.4 is 10.1 Å². The first-order chi connectivity index (χ1) is 12.0. The summed E-state index contributed by atoms with van der Waals surface area (Å²) in [5.41, 5.74) is -0.386. The van der Waals surface area contributed by atoms with Crippen LogP contribution in [0.4, 0.5) is 0 Å². The zero-order chi connectivity index (χ0) is 18.3. The van der Waals surface area contributed by atoms with Gasteiger partial charge in [-0.2, -0.15) is 0 Å². The number of carbonyl (C=O) groups is 2. The van der Waals surface area contributed by atoms with Crippen LogP contribution in [0.3, 0.4) is 0 Å². The number of carboxylic acids is 1. The second-order valence-corrected chi connectivity index (χ2v) is 5.69. The maximum Gasteiger partial charge on any atom is 0.305 e. The summed E-state index contributed by atoms with van der Waals surface area (Å²) in [4.78, 5) is 31.6. The monoisotopic (exact) mass is 343 g/mol. The van der Waals surface area contributed by atoms with Gasteiger partial charge in [0.15, 0.2) is 0 Å². The van der Waals surface area contributed by atoms with E-state index in [-0.39, 0.29) is 12.3 Å². The molecule has 0 radical (unpaired) electrons.